The molecule has 3 aliphatic rings. The molecular weight excluding hydrogens is 568 g/mol. The van der Waals surface area contributed by atoms with Crippen LogP contribution in [0.25, 0.3) is 0 Å². The molecule has 3 heterocycles. The number of carbonyl (C=O) groups excluding carboxylic acids is 6. The number of carbonyl (C=O) groups is 7. The molecule has 0 bridgehead atoms. The quantitative estimate of drug-likeness (QED) is 0.0934. The number of carboxylic acid groups (broad SMARTS) is 1. The number of rotatable bonds is 9. The molecule has 2 fully saturated rings. The van der Waals surface area contributed by atoms with Crippen molar-refractivity contribution in [1.82, 2.24) is 30.7 Å². The van der Waals surface area contributed by atoms with Crippen LogP contribution >= 0.6 is 23.4 Å². The van der Waals surface area contributed by atoms with Crippen LogP contribution in [-0.2, 0) is 28.8 Å². The Morgan fingerprint density at radius 3 is 2.48 bits per heavy atom. The fourth-order valence-electron chi connectivity index (χ4n) is 4.68. The van der Waals surface area contributed by atoms with Gasteiger partial charge >= 0.3 is 23.8 Å². The molecule has 0 spiro atoms. The molecule has 0 unspecified atom stereocenters. The first kappa shape index (κ1) is 28.9. The van der Waals surface area contributed by atoms with Crippen LogP contribution in [0.15, 0.2) is 41.6 Å². The number of hydrogen-bond donors (Lipinski definition) is 4. The monoisotopic (exact) mass is 592 g/mol. The molecule has 0 radical (unpaired) electrons. The molecule has 0 saturated carbocycles. The van der Waals surface area contributed by atoms with Crippen LogP contribution in [-0.4, -0.2) is 104 Å². The van der Waals surface area contributed by atoms with Gasteiger partial charge in [0.2, 0.25) is 18.0 Å². The standard InChI is InChI=1S/C24H25ClN6O8S/c1-2-29-8-9-30(19(35)18(29)34)23(39)27-15(13-6-4-3-5-7-13)17(33)28-24(26-12-32)21(38)31-16(20(36)37)14(10-25)11-40-22(24)31/h3-7,12,15,22H,2,8-11H2,1H3,(H,26,32)(H,27,39)(H,28,33)(H,36,37)/t15-,22-,24-/m1/s1. The second-order valence-electron chi connectivity index (χ2n) is 8.92. The molecule has 4 N–H and O–H groups in total. The minimum atomic E-state index is -2.03. The summed E-state index contributed by atoms with van der Waals surface area (Å²) in [6.45, 7) is 2.01. The molecular formula is C24H25ClN6O8S. The topological polar surface area (TPSA) is 186 Å². The van der Waals surface area contributed by atoms with Gasteiger partial charge in [-0.05, 0) is 18.1 Å². The van der Waals surface area contributed by atoms with Gasteiger partial charge in [-0.2, -0.15) is 0 Å². The number of fused-ring (bicyclic) bond motifs is 1. The Kier molecular flexibility index (Phi) is 8.34. The average Bonchev–Trinajstić information content (AvgIpc) is 2.96. The molecule has 0 aromatic heterocycles. The number of aliphatic carboxylic acids is 1. The third-order valence-electron chi connectivity index (χ3n) is 6.72. The molecule has 16 heteroatoms. The van der Waals surface area contributed by atoms with E-state index < -0.39 is 52.7 Å². The van der Waals surface area contributed by atoms with Crippen molar-refractivity contribution in [1.29, 1.82) is 0 Å². The summed E-state index contributed by atoms with van der Waals surface area (Å²) < 4.78 is 0. The fraction of sp³-hybridized carbons (Fsp3) is 0.375. The van der Waals surface area contributed by atoms with Gasteiger partial charge in [-0.15, -0.1) is 23.4 Å². The molecule has 3 atom stereocenters. The molecule has 2 saturated heterocycles. The van der Waals surface area contributed by atoms with Gasteiger partial charge in [0.15, 0.2) is 0 Å². The van der Waals surface area contributed by atoms with Gasteiger partial charge in [0.25, 0.3) is 5.91 Å². The zero-order chi connectivity index (χ0) is 29.2. The highest BCUT2D eigenvalue weighted by Gasteiger charge is 2.66. The van der Waals surface area contributed by atoms with Crippen LogP contribution in [0.3, 0.4) is 0 Å². The van der Waals surface area contributed by atoms with Gasteiger partial charge in [0, 0.05) is 31.3 Å². The van der Waals surface area contributed by atoms with Crippen molar-refractivity contribution >= 4 is 65.4 Å². The zero-order valence-electron chi connectivity index (χ0n) is 21.1. The Morgan fingerprint density at radius 2 is 1.88 bits per heavy atom. The summed E-state index contributed by atoms with van der Waals surface area (Å²) in [5.41, 5.74) is -1.79. The second kappa shape index (κ2) is 11.6. The third-order valence-corrected chi connectivity index (χ3v) is 8.44. The Morgan fingerprint density at radius 1 is 1.18 bits per heavy atom. The lowest BCUT2D eigenvalue weighted by Crippen LogP contribution is -2.85. The van der Waals surface area contributed by atoms with E-state index in [1.54, 1.807) is 25.1 Å². The number of nitrogens with one attached hydrogen (secondary N) is 3. The number of urea groups is 1. The average molecular weight is 593 g/mol. The van der Waals surface area contributed by atoms with Crippen LogP contribution in [0.2, 0.25) is 0 Å². The maximum Gasteiger partial charge on any atom is 0.352 e. The van der Waals surface area contributed by atoms with E-state index in [1.165, 1.54) is 17.0 Å². The number of amides is 7. The normalized spacial score (nSPS) is 23.2. The molecule has 3 aliphatic heterocycles. The third kappa shape index (κ3) is 4.86. The second-order valence-corrected chi connectivity index (χ2v) is 10.3. The fourth-order valence-corrected chi connectivity index (χ4v) is 6.44. The molecule has 40 heavy (non-hydrogen) atoms. The number of benzene rings is 1. The van der Waals surface area contributed by atoms with Gasteiger partial charge < -0.3 is 26.0 Å². The number of piperazine rings is 1. The largest absolute Gasteiger partial charge is 0.477 e. The number of alkyl halides is 1. The van der Waals surface area contributed by atoms with E-state index >= 15 is 0 Å². The van der Waals surface area contributed by atoms with Crippen LogP contribution in [0, 0.1) is 0 Å². The van der Waals surface area contributed by atoms with E-state index in [-0.39, 0.29) is 48.9 Å². The number of β-lactam (4-membered cyclic amide) rings is 1. The van der Waals surface area contributed by atoms with E-state index in [0.29, 0.717) is 10.5 Å². The summed E-state index contributed by atoms with van der Waals surface area (Å²) in [4.78, 5) is 91.3. The lowest BCUT2D eigenvalue weighted by molar-refractivity contribution is -0.163. The number of nitrogens with zero attached hydrogens (tertiary/aromatic N) is 3. The van der Waals surface area contributed by atoms with Crippen molar-refractivity contribution in [3.63, 3.8) is 0 Å². The molecule has 7 amide bonds. The highest BCUT2D eigenvalue weighted by Crippen LogP contribution is 2.45. The van der Waals surface area contributed by atoms with Crippen LogP contribution in [0.4, 0.5) is 4.79 Å². The smallest absolute Gasteiger partial charge is 0.352 e. The Hall–Kier alpha value is -4.11. The van der Waals surface area contributed by atoms with E-state index in [2.05, 4.69) is 16.0 Å². The molecule has 212 valence electrons. The van der Waals surface area contributed by atoms with Crippen molar-refractivity contribution in [2.75, 3.05) is 31.3 Å². The molecule has 0 aliphatic carbocycles. The minimum Gasteiger partial charge on any atom is -0.477 e. The van der Waals surface area contributed by atoms with Crippen molar-refractivity contribution < 1.29 is 38.7 Å². The lowest BCUT2D eigenvalue weighted by Gasteiger charge is -2.56. The predicted octanol–water partition coefficient (Wildman–Crippen LogP) is -0.821. The van der Waals surface area contributed by atoms with Crippen LogP contribution in [0.1, 0.15) is 18.5 Å². The highest BCUT2D eigenvalue weighted by molar-refractivity contribution is 8.00. The molecule has 14 nitrogen and oxygen atoms in total. The number of halogens is 1. The number of likely N-dealkylation sites (N-methyl/N-ethyl adjacent to an activating group) is 1. The first-order valence-corrected chi connectivity index (χ1v) is 13.7. The van der Waals surface area contributed by atoms with Crippen LogP contribution in [0.5, 0.6) is 0 Å². The number of imide groups is 1. The van der Waals surface area contributed by atoms with E-state index in [1.807, 2.05) is 0 Å². The summed E-state index contributed by atoms with van der Waals surface area (Å²) in [5.74, 6) is -5.16. The van der Waals surface area contributed by atoms with E-state index in [9.17, 15) is 38.7 Å². The van der Waals surface area contributed by atoms with Gasteiger partial charge in [-0.1, -0.05) is 30.3 Å². The van der Waals surface area contributed by atoms with Crippen molar-refractivity contribution in [3.8, 4) is 0 Å². The Labute approximate surface area is 237 Å². The summed E-state index contributed by atoms with van der Waals surface area (Å²) in [6.07, 6.45) is 0.199. The molecule has 1 aromatic rings. The lowest BCUT2D eigenvalue weighted by atomic mass is 9.94. The van der Waals surface area contributed by atoms with Crippen molar-refractivity contribution in [2.24, 2.45) is 0 Å². The summed E-state index contributed by atoms with van der Waals surface area (Å²) in [7, 11) is 0. The first-order chi connectivity index (χ1) is 19.1. The molecule has 1 aromatic carbocycles. The SMILES string of the molecule is CCN1CCN(C(=O)N[C@@H](C(=O)N[C@]2(NC=O)C(=O)N3C(C(=O)O)=C(CCl)CS[C@@H]32)c2ccccc2)C(=O)C1=O. The van der Waals surface area contributed by atoms with E-state index in [0.717, 1.165) is 16.7 Å². The van der Waals surface area contributed by atoms with E-state index in [4.69, 9.17) is 11.6 Å². The maximum absolute atomic E-state index is 13.7. The number of carboxylic acids is 1. The highest BCUT2D eigenvalue weighted by atomic mass is 35.5. The summed E-state index contributed by atoms with van der Waals surface area (Å²) >= 11 is 6.96. The van der Waals surface area contributed by atoms with Crippen LogP contribution < -0.4 is 16.0 Å². The van der Waals surface area contributed by atoms with Crippen molar-refractivity contribution in [2.45, 2.75) is 24.0 Å². The predicted molar refractivity (Wildman–Crippen MR) is 140 cm³/mol. The summed E-state index contributed by atoms with van der Waals surface area (Å²) in [5, 5.41) is 15.9. The van der Waals surface area contributed by atoms with Gasteiger partial charge in [0.05, 0.1) is 0 Å². The van der Waals surface area contributed by atoms with Gasteiger partial charge in [-0.3, -0.25) is 33.8 Å². The number of thioether (sulfide) groups is 1. The zero-order valence-corrected chi connectivity index (χ0v) is 22.7. The van der Waals surface area contributed by atoms with Gasteiger partial charge in [0.1, 0.15) is 17.1 Å². The molecule has 4 rings (SSSR count). The number of hydrogen-bond acceptors (Lipinski definition) is 8. The Balaban J connectivity index is 1.61. The summed E-state index contributed by atoms with van der Waals surface area (Å²) in [6, 6.07) is 5.44. The first-order valence-electron chi connectivity index (χ1n) is 12.1. The Bertz CT molecular complexity index is 1310. The minimum absolute atomic E-state index is 0.0939. The van der Waals surface area contributed by atoms with Crippen molar-refractivity contribution in [3.05, 3.63) is 47.2 Å². The maximum atomic E-state index is 13.7. The van der Waals surface area contributed by atoms with Gasteiger partial charge in [-0.25, -0.2) is 9.59 Å².